The highest BCUT2D eigenvalue weighted by Gasteiger charge is 2.15. The Balaban J connectivity index is 2.43. The summed E-state index contributed by atoms with van der Waals surface area (Å²) in [7, 11) is 0. The lowest BCUT2D eigenvalue weighted by atomic mass is 10.0. The van der Waals surface area contributed by atoms with Gasteiger partial charge in [0.25, 0.3) is 0 Å². The van der Waals surface area contributed by atoms with Crippen LogP contribution in [0.5, 0.6) is 0 Å². The molecular weight excluding hydrogens is 156 g/mol. The minimum Gasteiger partial charge on any atom is -0.0626 e. The van der Waals surface area contributed by atoms with E-state index in [1.807, 2.05) is 0 Å². The molecule has 0 saturated heterocycles. The van der Waals surface area contributed by atoms with Crippen LogP contribution in [0.2, 0.25) is 0 Å². The second-order valence-corrected chi connectivity index (χ2v) is 4.20. The van der Waals surface area contributed by atoms with Gasteiger partial charge in [-0.05, 0) is 36.0 Å². The van der Waals surface area contributed by atoms with Gasteiger partial charge in [0.05, 0.1) is 0 Å². The van der Waals surface area contributed by atoms with Crippen LogP contribution in [-0.2, 0) is 6.42 Å². The average molecular weight is 172 g/mol. The molecule has 0 unspecified atom stereocenters. The van der Waals surface area contributed by atoms with Crippen LogP contribution in [0.3, 0.4) is 0 Å². The van der Waals surface area contributed by atoms with E-state index in [0.717, 1.165) is 6.42 Å². The maximum Gasteiger partial charge on any atom is -0.00552 e. The molecule has 1 aliphatic rings. The van der Waals surface area contributed by atoms with E-state index in [1.165, 1.54) is 16.7 Å². The Kier molecular flexibility index (Phi) is 1.99. The molecule has 68 valence electrons. The maximum atomic E-state index is 2.37. The first-order valence-electron chi connectivity index (χ1n) is 4.97. The normalized spacial score (nSPS) is 14.6. The van der Waals surface area contributed by atoms with Crippen molar-refractivity contribution in [2.45, 2.75) is 27.2 Å². The molecule has 0 N–H and O–H groups in total. The van der Waals surface area contributed by atoms with E-state index in [9.17, 15) is 0 Å². The van der Waals surface area contributed by atoms with Crippen LogP contribution in [0, 0.1) is 12.8 Å². The summed E-state index contributed by atoms with van der Waals surface area (Å²) in [5, 5.41) is 0. The summed E-state index contributed by atoms with van der Waals surface area (Å²) in [4.78, 5) is 0. The van der Waals surface area contributed by atoms with Gasteiger partial charge >= 0.3 is 0 Å². The Labute approximate surface area is 80.3 Å². The summed E-state index contributed by atoms with van der Waals surface area (Å²) < 4.78 is 0. The number of hydrogen-bond donors (Lipinski definition) is 0. The van der Waals surface area contributed by atoms with Gasteiger partial charge in [-0.25, -0.2) is 0 Å². The van der Waals surface area contributed by atoms with E-state index >= 15 is 0 Å². The van der Waals surface area contributed by atoms with E-state index in [-0.39, 0.29) is 0 Å². The molecule has 0 heteroatoms. The molecule has 0 fully saturated rings. The number of allylic oxidation sites excluding steroid dienone is 1. The van der Waals surface area contributed by atoms with Crippen LogP contribution >= 0.6 is 0 Å². The van der Waals surface area contributed by atoms with Gasteiger partial charge in [0.15, 0.2) is 0 Å². The lowest BCUT2D eigenvalue weighted by molar-refractivity contribution is 0.754. The zero-order valence-corrected chi connectivity index (χ0v) is 8.59. The quantitative estimate of drug-likeness (QED) is 0.607. The van der Waals surface area contributed by atoms with Crippen LogP contribution < -0.4 is 0 Å². The molecular formula is C13H16. The van der Waals surface area contributed by atoms with Crippen molar-refractivity contribution in [3.63, 3.8) is 0 Å². The van der Waals surface area contributed by atoms with Crippen molar-refractivity contribution in [1.82, 2.24) is 0 Å². The first kappa shape index (κ1) is 8.55. The van der Waals surface area contributed by atoms with Crippen LogP contribution in [0.25, 0.3) is 6.08 Å². The van der Waals surface area contributed by atoms with Crippen molar-refractivity contribution in [1.29, 1.82) is 0 Å². The minimum absolute atomic E-state index is 0.687. The molecule has 2 rings (SSSR count). The van der Waals surface area contributed by atoms with Gasteiger partial charge in [0, 0.05) is 0 Å². The van der Waals surface area contributed by atoms with Gasteiger partial charge in [-0.15, -0.1) is 0 Å². The summed E-state index contributed by atoms with van der Waals surface area (Å²) in [6.45, 7) is 6.73. The standard InChI is InChI=1S/C13H16/c1-9(2)12-7-11-6-4-5-10(3)13(11)8-12/h4-6,8-9H,7H2,1-3H3. The summed E-state index contributed by atoms with van der Waals surface area (Å²) >= 11 is 0. The monoisotopic (exact) mass is 172 g/mol. The Bertz CT molecular complexity index is 356. The summed E-state index contributed by atoms with van der Waals surface area (Å²) in [6, 6.07) is 6.60. The Morgan fingerprint density at radius 1 is 1.23 bits per heavy atom. The van der Waals surface area contributed by atoms with E-state index < -0.39 is 0 Å². The van der Waals surface area contributed by atoms with Gasteiger partial charge in [0.1, 0.15) is 0 Å². The van der Waals surface area contributed by atoms with Crippen molar-refractivity contribution in [2.75, 3.05) is 0 Å². The number of fused-ring (bicyclic) bond motifs is 1. The van der Waals surface area contributed by atoms with Crippen LogP contribution in [0.4, 0.5) is 0 Å². The first-order chi connectivity index (χ1) is 6.18. The molecule has 0 amide bonds. The minimum atomic E-state index is 0.687. The van der Waals surface area contributed by atoms with Crippen molar-refractivity contribution < 1.29 is 0 Å². The Morgan fingerprint density at radius 3 is 2.62 bits per heavy atom. The first-order valence-corrected chi connectivity index (χ1v) is 4.97. The predicted octanol–water partition coefficient (Wildman–Crippen LogP) is 3.59. The fourth-order valence-corrected chi connectivity index (χ4v) is 1.93. The van der Waals surface area contributed by atoms with Crippen molar-refractivity contribution >= 4 is 6.08 Å². The molecule has 1 aromatic rings. The summed E-state index contributed by atoms with van der Waals surface area (Å²) in [6.07, 6.45) is 3.53. The number of rotatable bonds is 1. The molecule has 0 aliphatic heterocycles. The average Bonchev–Trinajstić information content (AvgIpc) is 2.49. The van der Waals surface area contributed by atoms with Gasteiger partial charge in [-0.3, -0.25) is 0 Å². The summed E-state index contributed by atoms with van der Waals surface area (Å²) in [5.41, 5.74) is 5.95. The van der Waals surface area contributed by atoms with Crippen molar-refractivity contribution in [3.8, 4) is 0 Å². The van der Waals surface area contributed by atoms with E-state index in [0.29, 0.717) is 5.92 Å². The molecule has 0 saturated carbocycles. The number of aryl methyl sites for hydroxylation is 1. The molecule has 0 heterocycles. The van der Waals surface area contributed by atoms with E-state index in [2.05, 4.69) is 45.0 Å². The van der Waals surface area contributed by atoms with Crippen LogP contribution in [0.1, 0.15) is 30.5 Å². The third kappa shape index (κ3) is 1.41. The van der Waals surface area contributed by atoms with Crippen molar-refractivity contribution in [2.24, 2.45) is 5.92 Å². The molecule has 0 bridgehead atoms. The largest absolute Gasteiger partial charge is 0.0626 e. The Morgan fingerprint density at radius 2 is 2.00 bits per heavy atom. The third-order valence-electron chi connectivity index (χ3n) is 2.88. The molecule has 1 aliphatic carbocycles. The smallest absolute Gasteiger partial charge is 0.00552 e. The van der Waals surface area contributed by atoms with E-state index in [4.69, 9.17) is 0 Å². The molecule has 1 aromatic carbocycles. The molecule has 0 radical (unpaired) electrons. The van der Waals surface area contributed by atoms with Gasteiger partial charge < -0.3 is 0 Å². The molecule has 0 atom stereocenters. The van der Waals surface area contributed by atoms with E-state index in [1.54, 1.807) is 5.57 Å². The highest BCUT2D eigenvalue weighted by atomic mass is 14.2. The third-order valence-corrected chi connectivity index (χ3v) is 2.88. The lowest BCUT2D eigenvalue weighted by Crippen LogP contribution is -1.92. The second kappa shape index (κ2) is 3.02. The van der Waals surface area contributed by atoms with Crippen LogP contribution in [-0.4, -0.2) is 0 Å². The second-order valence-electron chi connectivity index (χ2n) is 4.20. The van der Waals surface area contributed by atoms with Crippen molar-refractivity contribution in [3.05, 3.63) is 40.5 Å². The molecule has 0 aromatic heterocycles. The van der Waals surface area contributed by atoms with Gasteiger partial charge in [0.2, 0.25) is 0 Å². The zero-order chi connectivity index (χ0) is 9.42. The summed E-state index contributed by atoms with van der Waals surface area (Å²) in [5.74, 6) is 0.687. The highest BCUT2D eigenvalue weighted by molar-refractivity contribution is 5.66. The fraction of sp³-hybridized carbons (Fsp3) is 0.385. The zero-order valence-electron chi connectivity index (χ0n) is 8.59. The van der Waals surface area contributed by atoms with Gasteiger partial charge in [-0.2, -0.15) is 0 Å². The number of hydrogen-bond acceptors (Lipinski definition) is 0. The Hall–Kier alpha value is -1.04. The maximum absolute atomic E-state index is 2.37. The lowest BCUT2D eigenvalue weighted by Gasteiger charge is -2.04. The number of benzene rings is 1. The molecule has 0 spiro atoms. The highest BCUT2D eigenvalue weighted by Crippen LogP contribution is 2.30. The molecule has 13 heavy (non-hydrogen) atoms. The van der Waals surface area contributed by atoms with Crippen LogP contribution in [0.15, 0.2) is 23.8 Å². The SMILES string of the molecule is Cc1cccc2c1C=C(C(C)C)C2. The topological polar surface area (TPSA) is 0 Å². The molecule has 0 nitrogen and oxygen atoms in total. The fourth-order valence-electron chi connectivity index (χ4n) is 1.93. The van der Waals surface area contributed by atoms with Gasteiger partial charge in [-0.1, -0.05) is 43.7 Å². The predicted molar refractivity (Wildman–Crippen MR) is 57.7 cm³/mol.